The standard InChI is InChI=1S/C22H21FN2O4S/c1-24-30(27,28)19-12-9-16(10-13-19)11-14-22(26)25-20-7-2-3-8-21(20)29-18-6-4-5-17(23)15-18/h2-10,12-13,15,24H,11,14H2,1H3,(H,25,26). The molecule has 0 aliphatic rings. The van der Waals surface area contributed by atoms with Crippen LogP contribution in [0, 0.1) is 5.82 Å². The quantitative estimate of drug-likeness (QED) is 0.566. The summed E-state index contributed by atoms with van der Waals surface area (Å²) in [6.45, 7) is 0. The minimum Gasteiger partial charge on any atom is -0.455 e. The van der Waals surface area contributed by atoms with Gasteiger partial charge in [0.25, 0.3) is 0 Å². The van der Waals surface area contributed by atoms with Gasteiger partial charge in [-0.05, 0) is 55.4 Å². The van der Waals surface area contributed by atoms with E-state index in [1.165, 1.54) is 31.3 Å². The molecule has 0 aliphatic carbocycles. The maximum Gasteiger partial charge on any atom is 0.240 e. The van der Waals surface area contributed by atoms with Gasteiger partial charge in [-0.3, -0.25) is 4.79 Å². The first-order chi connectivity index (χ1) is 14.4. The molecule has 0 fully saturated rings. The lowest BCUT2D eigenvalue weighted by molar-refractivity contribution is -0.116. The summed E-state index contributed by atoms with van der Waals surface area (Å²) in [6.07, 6.45) is 0.644. The molecule has 2 N–H and O–H groups in total. The van der Waals surface area contributed by atoms with Crippen LogP contribution in [-0.4, -0.2) is 21.4 Å². The number of para-hydroxylation sites is 2. The van der Waals surface area contributed by atoms with Crippen molar-refractivity contribution in [2.24, 2.45) is 0 Å². The van der Waals surface area contributed by atoms with Crippen LogP contribution < -0.4 is 14.8 Å². The van der Waals surface area contributed by atoms with Crippen molar-refractivity contribution >= 4 is 21.6 Å². The predicted molar refractivity (Wildman–Crippen MR) is 113 cm³/mol. The number of hydrogen-bond acceptors (Lipinski definition) is 4. The van der Waals surface area contributed by atoms with Crippen LogP contribution in [0.3, 0.4) is 0 Å². The average molecular weight is 428 g/mol. The molecule has 8 heteroatoms. The molecule has 3 rings (SSSR count). The van der Waals surface area contributed by atoms with Gasteiger partial charge in [0.15, 0.2) is 5.75 Å². The van der Waals surface area contributed by atoms with Crippen molar-refractivity contribution in [3.63, 3.8) is 0 Å². The van der Waals surface area contributed by atoms with Gasteiger partial charge in [0, 0.05) is 12.5 Å². The lowest BCUT2D eigenvalue weighted by Crippen LogP contribution is -2.18. The first-order valence-corrected chi connectivity index (χ1v) is 10.7. The minimum absolute atomic E-state index is 0.168. The van der Waals surface area contributed by atoms with Crippen LogP contribution in [0.2, 0.25) is 0 Å². The number of nitrogens with one attached hydrogen (secondary N) is 2. The van der Waals surface area contributed by atoms with Crippen LogP contribution in [0.4, 0.5) is 10.1 Å². The van der Waals surface area contributed by atoms with E-state index in [1.54, 1.807) is 48.5 Å². The second kappa shape index (κ2) is 9.51. The van der Waals surface area contributed by atoms with Gasteiger partial charge in [-0.2, -0.15) is 0 Å². The molecule has 3 aromatic carbocycles. The highest BCUT2D eigenvalue weighted by Crippen LogP contribution is 2.29. The Labute approximate surface area is 174 Å². The predicted octanol–water partition coefficient (Wildman–Crippen LogP) is 4.10. The van der Waals surface area contributed by atoms with Crippen molar-refractivity contribution in [1.29, 1.82) is 0 Å². The molecule has 30 heavy (non-hydrogen) atoms. The number of carbonyl (C=O) groups is 1. The summed E-state index contributed by atoms with van der Waals surface area (Å²) >= 11 is 0. The summed E-state index contributed by atoms with van der Waals surface area (Å²) in [5.41, 5.74) is 1.31. The maximum absolute atomic E-state index is 13.4. The molecule has 0 aliphatic heterocycles. The summed E-state index contributed by atoms with van der Waals surface area (Å²) in [6, 6.07) is 19.0. The molecule has 156 valence electrons. The molecule has 0 atom stereocenters. The first-order valence-electron chi connectivity index (χ1n) is 9.22. The summed E-state index contributed by atoms with van der Waals surface area (Å²) in [4.78, 5) is 12.6. The fourth-order valence-electron chi connectivity index (χ4n) is 2.74. The Hall–Kier alpha value is -3.23. The zero-order valence-electron chi connectivity index (χ0n) is 16.3. The number of carbonyl (C=O) groups excluding carboxylic acids is 1. The number of rotatable bonds is 8. The monoisotopic (exact) mass is 428 g/mol. The zero-order chi connectivity index (χ0) is 21.6. The second-order valence-electron chi connectivity index (χ2n) is 6.46. The largest absolute Gasteiger partial charge is 0.455 e. The van der Waals surface area contributed by atoms with Gasteiger partial charge in [-0.15, -0.1) is 0 Å². The third-order valence-electron chi connectivity index (χ3n) is 4.33. The average Bonchev–Trinajstić information content (AvgIpc) is 2.74. The van der Waals surface area contributed by atoms with Crippen LogP contribution in [-0.2, 0) is 21.2 Å². The SMILES string of the molecule is CNS(=O)(=O)c1ccc(CCC(=O)Nc2ccccc2Oc2cccc(F)c2)cc1. The molecular formula is C22H21FN2O4S. The van der Waals surface area contributed by atoms with Gasteiger partial charge < -0.3 is 10.1 Å². The Kier molecular flexibility index (Phi) is 6.81. The molecule has 3 aromatic rings. The van der Waals surface area contributed by atoms with Crippen molar-refractivity contribution in [2.75, 3.05) is 12.4 Å². The van der Waals surface area contributed by atoms with Crippen molar-refractivity contribution in [1.82, 2.24) is 4.72 Å². The summed E-state index contributed by atoms with van der Waals surface area (Å²) in [5, 5.41) is 2.80. The van der Waals surface area contributed by atoms with Gasteiger partial charge in [0.2, 0.25) is 15.9 Å². The molecule has 6 nitrogen and oxygen atoms in total. The Morgan fingerprint density at radius 1 is 1.00 bits per heavy atom. The summed E-state index contributed by atoms with van der Waals surface area (Å²) in [5.74, 6) is 0.0890. The van der Waals surface area contributed by atoms with Gasteiger partial charge in [0.1, 0.15) is 11.6 Å². The van der Waals surface area contributed by atoms with E-state index in [1.807, 2.05) is 0 Å². The van der Waals surface area contributed by atoms with Gasteiger partial charge in [-0.1, -0.05) is 30.3 Å². The normalized spacial score (nSPS) is 11.1. The molecular weight excluding hydrogens is 407 g/mol. The van der Waals surface area contributed by atoms with Crippen LogP contribution in [0.1, 0.15) is 12.0 Å². The fraction of sp³-hybridized carbons (Fsp3) is 0.136. The number of anilines is 1. The number of amides is 1. The molecule has 0 spiro atoms. The number of benzene rings is 3. The number of aryl methyl sites for hydroxylation is 1. The van der Waals surface area contributed by atoms with Gasteiger partial charge in [-0.25, -0.2) is 17.5 Å². The summed E-state index contributed by atoms with van der Waals surface area (Å²) < 4.78 is 44.8. The van der Waals surface area contributed by atoms with E-state index >= 15 is 0 Å². The van der Waals surface area contributed by atoms with Crippen molar-refractivity contribution in [3.8, 4) is 11.5 Å². The number of halogens is 1. The highest BCUT2D eigenvalue weighted by Gasteiger charge is 2.12. The minimum atomic E-state index is -3.49. The molecule has 0 aromatic heterocycles. The molecule has 0 radical (unpaired) electrons. The number of hydrogen-bond donors (Lipinski definition) is 2. The van der Waals surface area contributed by atoms with Crippen molar-refractivity contribution in [2.45, 2.75) is 17.7 Å². The van der Waals surface area contributed by atoms with Crippen LogP contribution in [0.15, 0.2) is 77.7 Å². The molecule has 0 saturated carbocycles. The third kappa shape index (κ3) is 5.65. The highest BCUT2D eigenvalue weighted by atomic mass is 32.2. The van der Waals surface area contributed by atoms with E-state index in [4.69, 9.17) is 4.74 Å². The lowest BCUT2D eigenvalue weighted by atomic mass is 10.1. The lowest BCUT2D eigenvalue weighted by Gasteiger charge is -2.12. The topological polar surface area (TPSA) is 84.5 Å². The second-order valence-corrected chi connectivity index (χ2v) is 8.34. The van der Waals surface area contributed by atoms with Crippen molar-refractivity contribution < 1.29 is 22.3 Å². The van der Waals surface area contributed by atoms with Crippen LogP contribution in [0.5, 0.6) is 11.5 Å². The van der Waals surface area contributed by atoms with Gasteiger partial charge in [0.05, 0.1) is 10.6 Å². The van der Waals surface area contributed by atoms with E-state index in [2.05, 4.69) is 10.0 Å². The zero-order valence-corrected chi connectivity index (χ0v) is 17.1. The Morgan fingerprint density at radius 3 is 2.43 bits per heavy atom. The van der Waals surface area contributed by atoms with E-state index in [0.29, 0.717) is 23.6 Å². The highest BCUT2D eigenvalue weighted by molar-refractivity contribution is 7.89. The van der Waals surface area contributed by atoms with Crippen molar-refractivity contribution in [3.05, 3.63) is 84.2 Å². The molecule has 0 heterocycles. The van der Waals surface area contributed by atoms with Crippen LogP contribution in [0.25, 0.3) is 0 Å². The Morgan fingerprint density at radius 2 is 1.73 bits per heavy atom. The molecule has 1 amide bonds. The third-order valence-corrected chi connectivity index (χ3v) is 5.76. The molecule has 0 saturated heterocycles. The van der Waals surface area contributed by atoms with E-state index in [9.17, 15) is 17.6 Å². The summed E-state index contributed by atoms with van der Waals surface area (Å²) in [7, 11) is -2.14. The molecule has 0 unspecified atom stereocenters. The molecule has 0 bridgehead atoms. The fourth-order valence-corrected chi connectivity index (χ4v) is 3.47. The first kappa shape index (κ1) is 21.5. The van der Waals surface area contributed by atoms with E-state index < -0.39 is 15.8 Å². The van der Waals surface area contributed by atoms with Crippen LogP contribution >= 0.6 is 0 Å². The van der Waals surface area contributed by atoms with E-state index in [-0.39, 0.29) is 17.2 Å². The number of sulfonamides is 1. The Balaban J connectivity index is 1.61. The maximum atomic E-state index is 13.4. The number of ether oxygens (including phenoxy) is 1. The Bertz CT molecular complexity index is 1130. The van der Waals surface area contributed by atoms with Gasteiger partial charge >= 0.3 is 0 Å². The smallest absolute Gasteiger partial charge is 0.240 e. The van der Waals surface area contributed by atoms with E-state index in [0.717, 1.165) is 5.56 Å².